The zero-order valence-corrected chi connectivity index (χ0v) is 12.5. The normalized spacial score (nSPS) is 15.3. The van der Waals surface area contributed by atoms with Crippen LogP contribution in [0.25, 0.3) is 5.69 Å². The van der Waals surface area contributed by atoms with Gasteiger partial charge in [0.2, 0.25) is 0 Å². The van der Waals surface area contributed by atoms with E-state index >= 15 is 0 Å². The summed E-state index contributed by atoms with van der Waals surface area (Å²) in [5.41, 5.74) is 7.86. The van der Waals surface area contributed by atoms with Gasteiger partial charge in [0, 0.05) is 22.3 Å². The number of aliphatic imine (C=N–C) groups is 1. The van der Waals surface area contributed by atoms with E-state index in [2.05, 4.69) is 31.3 Å². The van der Waals surface area contributed by atoms with E-state index < -0.39 is 0 Å². The van der Waals surface area contributed by atoms with Gasteiger partial charge in [-0.2, -0.15) is 5.10 Å². The largest absolute Gasteiger partial charge is 0.370 e. The topological polar surface area (TPSA) is 68.2 Å². The quantitative estimate of drug-likeness (QED) is 0.665. The van der Waals surface area contributed by atoms with Crippen LogP contribution in [0.1, 0.15) is 18.4 Å². The molecule has 6 heteroatoms. The van der Waals surface area contributed by atoms with Crippen molar-refractivity contribution in [2.45, 2.75) is 25.4 Å². The molecule has 0 saturated heterocycles. The maximum absolute atomic E-state index is 5.80. The number of halogens is 1. The van der Waals surface area contributed by atoms with Gasteiger partial charge in [-0.15, -0.1) is 0 Å². The second kappa shape index (κ2) is 5.66. The first-order chi connectivity index (χ1) is 9.70. The first-order valence-electron chi connectivity index (χ1n) is 6.56. The average molecular weight is 334 g/mol. The summed E-state index contributed by atoms with van der Waals surface area (Å²) in [6, 6.07) is 8.53. The molecule has 3 N–H and O–H groups in total. The molecule has 1 aliphatic carbocycles. The summed E-state index contributed by atoms with van der Waals surface area (Å²) in [7, 11) is 0. The number of nitrogens with one attached hydrogen (secondary N) is 1. The van der Waals surface area contributed by atoms with E-state index in [4.69, 9.17) is 5.73 Å². The fraction of sp³-hybridized carbons (Fsp3) is 0.286. The fourth-order valence-electron chi connectivity index (χ4n) is 1.84. The van der Waals surface area contributed by atoms with Crippen molar-refractivity contribution in [1.29, 1.82) is 0 Å². The van der Waals surface area contributed by atoms with Gasteiger partial charge in [0.05, 0.1) is 18.4 Å². The first kappa shape index (κ1) is 13.2. The molecule has 1 aromatic heterocycles. The highest BCUT2D eigenvalue weighted by atomic mass is 79.9. The third-order valence-electron chi connectivity index (χ3n) is 3.09. The minimum absolute atomic E-state index is 0.517. The molecule has 0 spiro atoms. The van der Waals surface area contributed by atoms with E-state index in [1.165, 1.54) is 12.8 Å². The van der Waals surface area contributed by atoms with Crippen molar-refractivity contribution in [2.75, 3.05) is 0 Å². The molecule has 1 heterocycles. The van der Waals surface area contributed by atoms with Crippen molar-refractivity contribution in [1.82, 2.24) is 15.1 Å². The Morgan fingerprint density at radius 2 is 2.15 bits per heavy atom. The first-order valence-corrected chi connectivity index (χ1v) is 7.36. The Labute approximate surface area is 126 Å². The van der Waals surface area contributed by atoms with Crippen molar-refractivity contribution in [3.05, 3.63) is 46.7 Å². The van der Waals surface area contributed by atoms with E-state index in [0.717, 1.165) is 15.7 Å². The summed E-state index contributed by atoms with van der Waals surface area (Å²) >= 11 is 3.42. The highest BCUT2D eigenvalue weighted by molar-refractivity contribution is 9.10. The summed E-state index contributed by atoms with van der Waals surface area (Å²) in [6.45, 7) is 0.544. The number of benzene rings is 1. The maximum Gasteiger partial charge on any atom is 0.189 e. The molecule has 1 aromatic carbocycles. The van der Waals surface area contributed by atoms with Crippen LogP contribution in [0.2, 0.25) is 0 Å². The summed E-state index contributed by atoms with van der Waals surface area (Å²) in [4.78, 5) is 4.32. The number of guanidine groups is 1. The maximum atomic E-state index is 5.80. The van der Waals surface area contributed by atoms with Crippen molar-refractivity contribution < 1.29 is 0 Å². The monoisotopic (exact) mass is 333 g/mol. The van der Waals surface area contributed by atoms with E-state index in [-0.39, 0.29) is 0 Å². The third kappa shape index (κ3) is 3.39. The average Bonchev–Trinajstić information content (AvgIpc) is 3.12. The van der Waals surface area contributed by atoms with Crippen LogP contribution in [0, 0.1) is 0 Å². The molecule has 0 radical (unpaired) electrons. The van der Waals surface area contributed by atoms with Gasteiger partial charge in [-0.1, -0.05) is 15.9 Å². The second-order valence-electron chi connectivity index (χ2n) is 4.89. The van der Waals surface area contributed by atoms with Crippen molar-refractivity contribution in [2.24, 2.45) is 10.7 Å². The lowest BCUT2D eigenvalue weighted by molar-refractivity contribution is 0.874. The van der Waals surface area contributed by atoms with Crippen LogP contribution < -0.4 is 11.1 Å². The molecule has 0 aliphatic heterocycles. The number of rotatable bonds is 4. The predicted molar refractivity (Wildman–Crippen MR) is 82.7 cm³/mol. The van der Waals surface area contributed by atoms with E-state index in [1.54, 1.807) is 0 Å². The molecule has 2 aromatic rings. The van der Waals surface area contributed by atoms with Gasteiger partial charge >= 0.3 is 0 Å². The van der Waals surface area contributed by atoms with Crippen molar-refractivity contribution in [3.8, 4) is 5.69 Å². The van der Waals surface area contributed by atoms with E-state index in [9.17, 15) is 0 Å². The molecule has 0 unspecified atom stereocenters. The van der Waals surface area contributed by atoms with Crippen LogP contribution >= 0.6 is 15.9 Å². The number of nitrogens with two attached hydrogens (primary N) is 1. The molecule has 3 rings (SSSR count). The molecule has 1 saturated carbocycles. The van der Waals surface area contributed by atoms with Gasteiger partial charge in [-0.3, -0.25) is 0 Å². The molecule has 0 atom stereocenters. The number of hydrogen-bond donors (Lipinski definition) is 2. The second-order valence-corrected chi connectivity index (χ2v) is 5.81. The molecule has 5 nitrogen and oxygen atoms in total. The lowest BCUT2D eigenvalue weighted by Crippen LogP contribution is -2.33. The Morgan fingerprint density at radius 3 is 2.85 bits per heavy atom. The molecule has 1 fully saturated rings. The van der Waals surface area contributed by atoms with Crippen molar-refractivity contribution in [3.63, 3.8) is 0 Å². The summed E-state index contributed by atoms with van der Waals surface area (Å²) in [5.74, 6) is 0.517. The Balaban J connectivity index is 1.65. The minimum Gasteiger partial charge on any atom is -0.370 e. The number of aromatic nitrogens is 2. The zero-order valence-electron chi connectivity index (χ0n) is 11.0. The van der Waals surface area contributed by atoms with Crippen LogP contribution in [0.15, 0.2) is 46.1 Å². The van der Waals surface area contributed by atoms with Crippen LogP contribution in [0.3, 0.4) is 0 Å². The summed E-state index contributed by atoms with van der Waals surface area (Å²) < 4.78 is 2.89. The Hall–Kier alpha value is -1.82. The van der Waals surface area contributed by atoms with Gasteiger partial charge in [0.15, 0.2) is 5.96 Å². The van der Waals surface area contributed by atoms with E-state index in [1.807, 2.05) is 41.3 Å². The van der Waals surface area contributed by atoms with Crippen molar-refractivity contribution >= 4 is 21.9 Å². The van der Waals surface area contributed by atoms with Crippen LogP contribution in [0.5, 0.6) is 0 Å². The molecular formula is C14H16BrN5. The molecular weight excluding hydrogens is 318 g/mol. The Morgan fingerprint density at radius 1 is 1.40 bits per heavy atom. The van der Waals surface area contributed by atoms with Crippen LogP contribution in [-0.2, 0) is 6.54 Å². The number of hydrogen-bond acceptors (Lipinski definition) is 2. The molecule has 0 bridgehead atoms. The molecule has 104 valence electrons. The van der Waals surface area contributed by atoms with Gasteiger partial charge in [0.25, 0.3) is 0 Å². The van der Waals surface area contributed by atoms with Gasteiger partial charge in [-0.25, -0.2) is 9.67 Å². The number of nitrogens with zero attached hydrogens (tertiary/aromatic N) is 3. The standard InChI is InChI=1S/C14H16BrN5/c15-11-1-5-13(6-2-11)20-9-10(8-18-20)7-17-14(16)19-12-3-4-12/h1-2,5-6,8-9,12H,3-4,7H2,(H3,16,17,19). The lowest BCUT2D eigenvalue weighted by Gasteiger charge is -2.02. The molecule has 20 heavy (non-hydrogen) atoms. The van der Waals surface area contributed by atoms with Gasteiger partial charge < -0.3 is 11.1 Å². The van der Waals surface area contributed by atoms with Crippen LogP contribution in [0.4, 0.5) is 0 Å². The Bertz CT molecular complexity index is 613. The highest BCUT2D eigenvalue weighted by Crippen LogP contribution is 2.18. The van der Waals surface area contributed by atoms with Gasteiger partial charge in [-0.05, 0) is 37.1 Å². The van der Waals surface area contributed by atoms with Crippen LogP contribution in [-0.4, -0.2) is 21.8 Å². The summed E-state index contributed by atoms with van der Waals surface area (Å²) in [6.07, 6.45) is 6.17. The smallest absolute Gasteiger partial charge is 0.189 e. The molecule has 0 amide bonds. The Kier molecular flexibility index (Phi) is 3.73. The predicted octanol–water partition coefficient (Wildman–Crippen LogP) is 2.20. The zero-order chi connectivity index (χ0) is 13.9. The van der Waals surface area contributed by atoms with E-state index in [0.29, 0.717) is 18.5 Å². The molecule has 1 aliphatic rings. The highest BCUT2D eigenvalue weighted by Gasteiger charge is 2.21. The summed E-state index contributed by atoms with van der Waals surface area (Å²) in [5, 5.41) is 7.50. The van der Waals surface area contributed by atoms with Gasteiger partial charge in [0.1, 0.15) is 0 Å². The third-order valence-corrected chi connectivity index (χ3v) is 3.62. The lowest BCUT2D eigenvalue weighted by atomic mass is 10.3. The SMILES string of the molecule is NC(=NCc1cnn(-c2ccc(Br)cc2)c1)NC1CC1. The fourth-order valence-corrected chi connectivity index (χ4v) is 2.10. The minimum atomic E-state index is 0.517.